The molecule has 1 aliphatic carbocycles. The zero-order valence-electron chi connectivity index (χ0n) is 21.0. The quantitative estimate of drug-likeness (QED) is 0.554. The number of nitrogens with zero attached hydrogens (tertiary/aromatic N) is 4. The van der Waals surface area contributed by atoms with Gasteiger partial charge in [0.15, 0.2) is 0 Å². The molecule has 1 unspecified atom stereocenters. The summed E-state index contributed by atoms with van der Waals surface area (Å²) in [5.41, 5.74) is 1.92. The third kappa shape index (κ3) is 5.82. The van der Waals surface area contributed by atoms with Crippen LogP contribution in [0, 0.1) is 5.92 Å². The van der Waals surface area contributed by atoms with Crippen LogP contribution in [0.1, 0.15) is 50.3 Å². The lowest BCUT2D eigenvalue weighted by molar-refractivity contribution is -0.129. The van der Waals surface area contributed by atoms with Crippen molar-refractivity contribution in [1.82, 2.24) is 20.2 Å². The van der Waals surface area contributed by atoms with Crippen LogP contribution in [-0.4, -0.2) is 64.6 Å². The third-order valence-electron chi connectivity index (χ3n) is 7.25. The SMILES string of the molecule is CC(=O)NC1CCN(Cc2ccc([C@H](C)Nc3nccc(N4C(=O)OC[C@@H]4C4CC4)n3)cc2)CC1(F)F. The first kappa shape index (κ1) is 25.3. The van der Waals surface area contributed by atoms with Crippen LogP contribution in [0.15, 0.2) is 36.5 Å². The molecule has 37 heavy (non-hydrogen) atoms. The molecule has 3 aliphatic rings. The Labute approximate surface area is 214 Å². The second-order valence-corrected chi connectivity index (χ2v) is 10.2. The molecule has 2 aliphatic heterocycles. The number of carbonyl (C=O) groups is 2. The Hall–Kier alpha value is -3.34. The number of cyclic esters (lactones) is 1. The van der Waals surface area contributed by atoms with Gasteiger partial charge in [-0.3, -0.25) is 14.6 Å². The Morgan fingerprint density at radius 1 is 1.22 bits per heavy atom. The monoisotopic (exact) mass is 514 g/mol. The number of hydrogen-bond acceptors (Lipinski definition) is 7. The van der Waals surface area contributed by atoms with Crippen LogP contribution in [0.2, 0.25) is 0 Å². The van der Waals surface area contributed by atoms with Gasteiger partial charge in [-0.05, 0) is 49.3 Å². The lowest BCUT2D eigenvalue weighted by Gasteiger charge is -2.38. The molecule has 3 atom stereocenters. The molecule has 2 saturated heterocycles. The van der Waals surface area contributed by atoms with Gasteiger partial charge < -0.3 is 15.4 Å². The Bertz CT molecular complexity index is 1140. The molecule has 3 heterocycles. The molecule has 2 N–H and O–H groups in total. The van der Waals surface area contributed by atoms with Gasteiger partial charge in [0.2, 0.25) is 11.9 Å². The fraction of sp³-hybridized carbons (Fsp3) is 0.538. The molecular weight excluding hydrogens is 482 g/mol. The van der Waals surface area contributed by atoms with Crippen LogP contribution in [0.4, 0.5) is 25.3 Å². The molecule has 3 fully saturated rings. The fourth-order valence-electron chi connectivity index (χ4n) is 5.10. The summed E-state index contributed by atoms with van der Waals surface area (Å²) in [5.74, 6) is -2.01. The minimum Gasteiger partial charge on any atom is -0.447 e. The zero-order valence-corrected chi connectivity index (χ0v) is 21.0. The number of piperidine rings is 1. The average Bonchev–Trinajstić information content (AvgIpc) is 3.62. The summed E-state index contributed by atoms with van der Waals surface area (Å²) in [7, 11) is 0. The molecular formula is C26H32F2N6O3. The van der Waals surface area contributed by atoms with E-state index in [0.717, 1.165) is 24.0 Å². The van der Waals surface area contributed by atoms with Crippen molar-refractivity contribution < 1.29 is 23.1 Å². The predicted octanol–water partition coefficient (Wildman–Crippen LogP) is 3.73. The van der Waals surface area contributed by atoms with Crippen LogP contribution >= 0.6 is 0 Å². The lowest BCUT2D eigenvalue weighted by Crippen LogP contribution is -2.57. The minimum absolute atomic E-state index is 0.0244. The van der Waals surface area contributed by atoms with E-state index in [9.17, 15) is 18.4 Å². The molecule has 1 saturated carbocycles. The van der Waals surface area contributed by atoms with Crippen LogP contribution in [-0.2, 0) is 16.1 Å². The van der Waals surface area contributed by atoms with Gasteiger partial charge in [0.25, 0.3) is 5.92 Å². The van der Waals surface area contributed by atoms with Gasteiger partial charge >= 0.3 is 6.09 Å². The second kappa shape index (κ2) is 10.2. The zero-order chi connectivity index (χ0) is 26.2. The minimum atomic E-state index is -2.97. The fourth-order valence-corrected chi connectivity index (χ4v) is 5.10. The number of halogens is 2. The van der Waals surface area contributed by atoms with E-state index in [1.807, 2.05) is 31.2 Å². The van der Waals surface area contributed by atoms with Crippen LogP contribution < -0.4 is 15.5 Å². The number of anilines is 2. The highest BCUT2D eigenvalue weighted by molar-refractivity contribution is 5.89. The average molecular weight is 515 g/mol. The van der Waals surface area contributed by atoms with E-state index < -0.39 is 24.4 Å². The number of benzene rings is 1. The molecule has 2 aromatic rings. The first-order valence-electron chi connectivity index (χ1n) is 12.7. The van der Waals surface area contributed by atoms with Gasteiger partial charge in [0.05, 0.1) is 24.7 Å². The van der Waals surface area contributed by atoms with Crippen LogP contribution in [0.3, 0.4) is 0 Å². The van der Waals surface area contributed by atoms with Gasteiger partial charge in [0.1, 0.15) is 12.4 Å². The highest BCUT2D eigenvalue weighted by Gasteiger charge is 2.45. The molecule has 9 nitrogen and oxygen atoms in total. The predicted molar refractivity (Wildman–Crippen MR) is 133 cm³/mol. The van der Waals surface area contributed by atoms with Crippen molar-refractivity contribution >= 4 is 23.8 Å². The van der Waals surface area contributed by atoms with Gasteiger partial charge in [-0.1, -0.05) is 24.3 Å². The standard InChI is InChI=1S/C26H32F2N6O3/c1-16(30-24-29-11-9-23(32-24)34-21(20-7-8-20)14-37-25(34)36)19-5-3-18(4-6-19)13-33-12-10-22(31-17(2)35)26(27,28)15-33/h3-6,9,11,16,20-22H,7-8,10,12-15H2,1-2H3,(H,31,35)(H,29,30,32)/t16-,21+,22?/m0/s1. The van der Waals surface area contributed by atoms with Crippen molar-refractivity contribution in [2.75, 3.05) is 29.9 Å². The first-order chi connectivity index (χ1) is 17.7. The summed E-state index contributed by atoms with van der Waals surface area (Å²) in [6.45, 7) is 4.14. The highest BCUT2D eigenvalue weighted by Crippen LogP contribution is 2.39. The lowest BCUT2D eigenvalue weighted by atomic mass is 9.99. The Morgan fingerprint density at radius 3 is 2.65 bits per heavy atom. The Morgan fingerprint density at radius 2 is 1.97 bits per heavy atom. The molecule has 1 aromatic heterocycles. The normalized spacial score (nSPS) is 24.4. The summed E-state index contributed by atoms with van der Waals surface area (Å²) in [5, 5.41) is 5.65. The van der Waals surface area contributed by atoms with Crippen molar-refractivity contribution in [3.05, 3.63) is 47.7 Å². The summed E-state index contributed by atoms with van der Waals surface area (Å²) >= 11 is 0. The van der Waals surface area contributed by atoms with Gasteiger partial charge in [-0.2, -0.15) is 4.98 Å². The number of amides is 2. The largest absolute Gasteiger partial charge is 0.447 e. The topological polar surface area (TPSA) is 99.7 Å². The Balaban J connectivity index is 1.19. The van der Waals surface area contributed by atoms with E-state index in [2.05, 4.69) is 20.6 Å². The van der Waals surface area contributed by atoms with E-state index >= 15 is 0 Å². The molecule has 11 heteroatoms. The van der Waals surface area contributed by atoms with Gasteiger partial charge in [-0.15, -0.1) is 0 Å². The third-order valence-corrected chi connectivity index (χ3v) is 7.25. The number of rotatable bonds is 8. The maximum atomic E-state index is 14.5. The molecule has 198 valence electrons. The van der Waals surface area contributed by atoms with E-state index in [0.29, 0.717) is 37.4 Å². The van der Waals surface area contributed by atoms with E-state index in [4.69, 9.17) is 4.74 Å². The van der Waals surface area contributed by atoms with E-state index in [-0.39, 0.29) is 24.6 Å². The summed E-state index contributed by atoms with van der Waals surface area (Å²) in [6, 6.07) is 8.29. The summed E-state index contributed by atoms with van der Waals surface area (Å²) < 4.78 is 34.2. The van der Waals surface area contributed by atoms with Crippen LogP contribution in [0.5, 0.6) is 0 Å². The number of alkyl halides is 2. The number of nitrogens with one attached hydrogen (secondary N) is 2. The number of carbonyl (C=O) groups excluding carboxylic acids is 2. The number of ether oxygens (including phenoxy) is 1. The van der Waals surface area contributed by atoms with Crippen molar-refractivity contribution in [3.8, 4) is 0 Å². The number of aromatic nitrogens is 2. The van der Waals surface area contributed by atoms with Gasteiger partial charge in [0, 0.05) is 26.2 Å². The van der Waals surface area contributed by atoms with Crippen molar-refractivity contribution in [2.24, 2.45) is 5.92 Å². The first-order valence-corrected chi connectivity index (χ1v) is 12.7. The molecule has 0 spiro atoms. The maximum Gasteiger partial charge on any atom is 0.415 e. The van der Waals surface area contributed by atoms with E-state index in [1.54, 1.807) is 22.1 Å². The highest BCUT2D eigenvalue weighted by atomic mass is 19.3. The molecule has 2 amide bonds. The Kier molecular flexibility index (Phi) is 6.98. The van der Waals surface area contributed by atoms with Gasteiger partial charge in [-0.25, -0.2) is 18.6 Å². The van der Waals surface area contributed by atoms with Crippen molar-refractivity contribution in [2.45, 2.75) is 63.7 Å². The number of hydrogen-bond donors (Lipinski definition) is 2. The van der Waals surface area contributed by atoms with Crippen molar-refractivity contribution in [3.63, 3.8) is 0 Å². The maximum absolute atomic E-state index is 14.5. The smallest absolute Gasteiger partial charge is 0.415 e. The molecule has 1 aromatic carbocycles. The number of likely N-dealkylation sites (tertiary alicyclic amines) is 1. The van der Waals surface area contributed by atoms with E-state index in [1.165, 1.54) is 6.92 Å². The molecule has 0 bridgehead atoms. The molecule has 5 rings (SSSR count). The summed E-state index contributed by atoms with van der Waals surface area (Å²) in [6.07, 6.45) is 3.65. The summed E-state index contributed by atoms with van der Waals surface area (Å²) in [4.78, 5) is 35.7. The second-order valence-electron chi connectivity index (χ2n) is 10.2. The van der Waals surface area contributed by atoms with Crippen LogP contribution in [0.25, 0.3) is 0 Å². The molecule has 0 radical (unpaired) electrons. The van der Waals surface area contributed by atoms with Crippen molar-refractivity contribution in [1.29, 1.82) is 0 Å².